The van der Waals surface area contributed by atoms with Gasteiger partial charge in [-0.25, -0.2) is 0 Å². The third kappa shape index (κ3) is 6.27. The van der Waals surface area contributed by atoms with E-state index in [2.05, 4.69) is 29.3 Å². The molecule has 3 N–H and O–H groups in total. The lowest BCUT2D eigenvalue weighted by atomic mass is 10.1. The van der Waals surface area contributed by atoms with E-state index >= 15 is 0 Å². The van der Waals surface area contributed by atoms with Gasteiger partial charge >= 0.3 is 0 Å². The largest absolute Gasteiger partial charge is 0.370 e. The Labute approximate surface area is 109 Å². The monoisotopic (exact) mass is 251 g/mol. The number of nitrogens with zero attached hydrogens (tertiary/aromatic N) is 3. The maximum atomic E-state index is 5.77. The van der Waals surface area contributed by atoms with Crippen molar-refractivity contribution in [2.24, 2.45) is 23.7 Å². The van der Waals surface area contributed by atoms with Crippen LogP contribution in [0.3, 0.4) is 0 Å². The fourth-order valence-corrected chi connectivity index (χ4v) is 1.63. The molecular weight excluding hydrogens is 226 g/mol. The average Bonchev–Trinajstić information content (AvgIpc) is 2.70. The van der Waals surface area contributed by atoms with E-state index in [1.165, 1.54) is 5.56 Å². The van der Waals surface area contributed by atoms with Crippen molar-refractivity contribution in [3.63, 3.8) is 0 Å². The van der Waals surface area contributed by atoms with Crippen molar-refractivity contribution in [3.8, 4) is 0 Å². The van der Waals surface area contributed by atoms with E-state index in [4.69, 9.17) is 5.73 Å². The molecule has 18 heavy (non-hydrogen) atoms. The Morgan fingerprint density at radius 2 is 2.33 bits per heavy atom. The topological polar surface area (TPSA) is 68.2 Å². The first-order valence-corrected chi connectivity index (χ1v) is 6.59. The van der Waals surface area contributed by atoms with E-state index in [0.29, 0.717) is 11.9 Å². The number of nitrogens with two attached hydrogens (primary N) is 1. The van der Waals surface area contributed by atoms with Crippen LogP contribution >= 0.6 is 0 Å². The lowest BCUT2D eigenvalue weighted by Crippen LogP contribution is -2.33. The molecule has 102 valence electrons. The molecule has 5 nitrogen and oxygen atoms in total. The zero-order valence-electron chi connectivity index (χ0n) is 11.7. The second-order valence-electron chi connectivity index (χ2n) is 5.00. The van der Waals surface area contributed by atoms with Crippen molar-refractivity contribution in [3.05, 3.63) is 18.0 Å². The van der Waals surface area contributed by atoms with Crippen molar-refractivity contribution >= 4 is 5.96 Å². The molecule has 0 aromatic carbocycles. The summed E-state index contributed by atoms with van der Waals surface area (Å²) in [7, 11) is 1.93. The molecule has 1 rings (SSSR count). The number of rotatable bonds is 7. The molecule has 0 spiro atoms. The molecule has 0 aliphatic rings. The summed E-state index contributed by atoms with van der Waals surface area (Å²) >= 11 is 0. The van der Waals surface area contributed by atoms with E-state index in [0.717, 1.165) is 32.4 Å². The molecule has 0 radical (unpaired) electrons. The minimum absolute atomic E-state index is 0.557. The highest BCUT2D eigenvalue weighted by molar-refractivity contribution is 5.77. The van der Waals surface area contributed by atoms with Crippen LogP contribution in [0, 0.1) is 5.92 Å². The van der Waals surface area contributed by atoms with Crippen LogP contribution in [-0.4, -0.2) is 28.8 Å². The zero-order chi connectivity index (χ0) is 13.4. The van der Waals surface area contributed by atoms with Gasteiger partial charge in [0.25, 0.3) is 0 Å². The maximum Gasteiger partial charge on any atom is 0.188 e. The van der Waals surface area contributed by atoms with Crippen LogP contribution in [0.15, 0.2) is 17.4 Å². The fourth-order valence-electron chi connectivity index (χ4n) is 1.63. The van der Waals surface area contributed by atoms with Gasteiger partial charge in [0.15, 0.2) is 5.96 Å². The molecule has 0 aliphatic heterocycles. The van der Waals surface area contributed by atoms with Crippen LogP contribution in [0.25, 0.3) is 0 Å². The summed E-state index contributed by atoms with van der Waals surface area (Å²) in [5.41, 5.74) is 7.02. The molecule has 0 amide bonds. The van der Waals surface area contributed by atoms with Crippen LogP contribution < -0.4 is 11.1 Å². The van der Waals surface area contributed by atoms with E-state index in [-0.39, 0.29) is 0 Å². The second-order valence-corrected chi connectivity index (χ2v) is 5.00. The van der Waals surface area contributed by atoms with E-state index in [9.17, 15) is 0 Å². The van der Waals surface area contributed by atoms with Crippen molar-refractivity contribution in [1.29, 1.82) is 0 Å². The molecular formula is C13H25N5. The van der Waals surface area contributed by atoms with Crippen LogP contribution in [0.2, 0.25) is 0 Å². The molecule has 0 fully saturated rings. The van der Waals surface area contributed by atoms with Crippen LogP contribution in [0.4, 0.5) is 0 Å². The standard InChI is InChI=1S/C13H25N5/c1-11(2)6-8-16-13(14)15-7-4-5-12-9-17-18(3)10-12/h9-11H,4-8H2,1-3H3,(H3,14,15,16). The highest BCUT2D eigenvalue weighted by Gasteiger charge is 1.97. The predicted molar refractivity (Wildman–Crippen MR) is 75.5 cm³/mol. The smallest absolute Gasteiger partial charge is 0.188 e. The van der Waals surface area contributed by atoms with E-state index in [1.54, 1.807) is 0 Å². The molecule has 5 heteroatoms. The first-order valence-electron chi connectivity index (χ1n) is 6.59. The second kappa shape index (κ2) is 7.74. The lowest BCUT2D eigenvalue weighted by molar-refractivity contribution is 0.576. The summed E-state index contributed by atoms with van der Waals surface area (Å²) in [5.74, 6) is 1.25. The lowest BCUT2D eigenvalue weighted by Gasteiger charge is -2.07. The van der Waals surface area contributed by atoms with E-state index < -0.39 is 0 Å². The third-order valence-electron chi connectivity index (χ3n) is 2.69. The normalized spacial score (nSPS) is 12.1. The van der Waals surface area contributed by atoms with Crippen molar-refractivity contribution in [1.82, 2.24) is 15.1 Å². The average molecular weight is 251 g/mol. The Morgan fingerprint density at radius 1 is 1.56 bits per heavy atom. The Morgan fingerprint density at radius 3 is 2.94 bits per heavy atom. The number of aromatic nitrogens is 2. The molecule has 1 heterocycles. The molecule has 0 atom stereocenters. The third-order valence-corrected chi connectivity index (χ3v) is 2.69. The first-order chi connectivity index (χ1) is 8.58. The van der Waals surface area contributed by atoms with Crippen molar-refractivity contribution < 1.29 is 0 Å². The van der Waals surface area contributed by atoms with Gasteiger partial charge in [-0.15, -0.1) is 0 Å². The molecule has 1 aromatic heterocycles. The van der Waals surface area contributed by atoms with Crippen LogP contribution in [0.1, 0.15) is 32.3 Å². The Kier molecular flexibility index (Phi) is 6.25. The van der Waals surface area contributed by atoms with Crippen molar-refractivity contribution in [2.45, 2.75) is 33.1 Å². The van der Waals surface area contributed by atoms with Gasteiger partial charge in [-0.05, 0) is 30.7 Å². The minimum atomic E-state index is 0.557. The number of guanidine groups is 1. The van der Waals surface area contributed by atoms with Gasteiger partial charge < -0.3 is 11.1 Å². The van der Waals surface area contributed by atoms with Crippen LogP contribution in [0.5, 0.6) is 0 Å². The predicted octanol–water partition coefficient (Wildman–Crippen LogP) is 1.30. The highest BCUT2D eigenvalue weighted by Crippen LogP contribution is 2.00. The number of aryl methyl sites for hydroxylation is 2. The van der Waals surface area contributed by atoms with Gasteiger partial charge in [-0.3, -0.25) is 9.67 Å². The van der Waals surface area contributed by atoms with Crippen LogP contribution in [-0.2, 0) is 13.5 Å². The summed E-state index contributed by atoms with van der Waals surface area (Å²) in [4.78, 5) is 4.30. The molecule has 0 saturated heterocycles. The fraction of sp³-hybridized carbons (Fsp3) is 0.692. The number of nitrogens with one attached hydrogen (secondary N) is 1. The van der Waals surface area contributed by atoms with E-state index in [1.807, 2.05) is 24.1 Å². The summed E-state index contributed by atoms with van der Waals surface area (Å²) in [6.07, 6.45) is 7.04. The molecule has 0 saturated carbocycles. The van der Waals surface area contributed by atoms with Gasteiger partial charge in [0.05, 0.1) is 6.20 Å². The first kappa shape index (κ1) is 14.5. The minimum Gasteiger partial charge on any atom is -0.370 e. The molecule has 0 unspecified atom stereocenters. The van der Waals surface area contributed by atoms with Gasteiger partial charge in [0, 0.05) is 26.3 Å². The highest BCUT2D eigenvalue weighted by atomic mass is 15.2. The summed E-state index contributed by atoms with van der Waals surface area (Å²) in [6, 6.07) is 0. The number of hydrogen-bond donors (Lipinski definition) is 2. The number of hydrogen-bond acceptors (Lipinski definition) is 2. The van der Waals surface area contributed by atoms with Gasteiger partial charge in [-0.2, -0.15) is 5.10 Å². The Balaban J connectivity index is 2.11. The van der Waals surface area contributed by atoms with Gasteiger partial charge in [0.2, 0.25) is 0 Å². The SMILES string of the molecule is CC(C)CCNC(N)=NCCCc1cnn(C)c1. The summed E-state index contributed by atoms with van der Waals surface area (Å²) in [5, 5.41) is 7.26. The molecule has 0 bridgehead atoms. The summed E-state index contributed by atoms with van der Waals surface area (Å²) in [6.45, 7) is 6.05. The molecule has 0 aliphatic carbocycles. The Hall–Kier alpha value is -1.52. The van der Waals surface area contributed by atoms with Gasteiger partial charge in [0.1, 0.15) is 0 Å². The Bertz CT molecular complexity index is 367. The maximum absolute atomic E-state index is 5.77. The van der Waals surface area contributed by atoms with Gasteiger partial charge in [-0.1, -0.05) is 13.8 Å². The quantitative estimate of drug-likeness (QED) is 0.436. The number of aliphatic imine (C=N–C) groups is 1. The summed E-state index contributed by atoms with van der Waals surface area (Å²) < 4.78 is 1.82. The van der Waals surface area contributed by atoms with Crippen molar-refractivity contribution in [2.75, 3.05) is 13.1 Å². The molecule has 1 aromatic rings. The zero-order valence-corrected chi connectivity index (χ0v) is 11.7.